The van der Waals surface area contributed by atoms with Crippen LogP contribution in [-0.4, -0.2) is 34.8 Å². The first-order valence-corrected chi connectivity index (χ1v) is 7.68. The fraction of sp³-hybridized carbons (Fsp3) is 0.588. The highest BCUT2D eigenvalue weighted by molar-refractivity contribution is 5.68. The van der Waals surface area contributed by atoms with E-state index < -0.39 is 11.7 Å². The first-order valence-electron chi connectivity index (χ1n) is 7.68. The van der Waals surface area contributed by atoms with E-state index in [1.54, 1.807) is 17.0 Å². The van der Waals surface area contributed by atoms with Gasteiger partial charge in [0.1, 0.15) is 11.4 Å². The predicted molar refractivity (Wildman–Crippen MR) is 81.9 cm³/mol. The minimum atomic E-state index is -0.777. The molecule has 2 rings (SSSR count). The molecular formula is C17H24FNO3. The number of carbonyl (C=O) groups is 1. The van der Waals surface area contributed by atoms with Gasteiger partial charge in [0.25, 0.3) is 0 Å². The number of aliphatic hydroxyl groups excluding tert-OH is 1. The molecule has 0 bridgehead atoms. The summed E-state index contributed by atoms with van der Waals surface area (Å²) in [6.07, 6.45) is 0.470. The van der Waals surface area contributed by atoms with Gasteiger partial charge in [0, 0.05) is 19.0 Å². The van der Waals surface area contributed by atoms with Crippen molar-refractivity contribution in [3.8, 4) is 0 Å². The van der Waals surface area contributed by atoms with Gasteiger partial charge in [0.15, 0.2) is 0 Å². The molecule has 1 aromatic rings. The number of hydrogen-bond acceptors (Lipinski definition) is 3. The molecule has 0 radical (unpaired) electrons. The van der Waals surface area contributed by atoms with Crippen molar-refractivity contribution in [2.24, 2.45) is 5.92 Å². The van der Waals surface area contributed by atoms with Crippen LogP contribution in [0.5, 0.6) is 0 Å². The number of halogens is 1. The zero-order valence-electron chi connectivity index (χ0n) is 13.4. The molecule has 1 saturated heterocycles. The maximum Gasteiger partial charge on any atom is 0.410 e. The Morgan fingerprint density at radius 2 is 2.18 bits per heavy atom. The molecule has 4 nitrogen and oxygen atoms in total. The number of aliphatic hydroxyl groups is 1. The number of ether oxygens (including phenoxy) is 1. The van der Waals surface area contributed by atoms with E-state index in [0.29, 0.717) is 18.7 Å². The van der Waals surface area contributed by atoms with Gasteiger partial charge in [-0.05, 0) is 51.3 Å². The smallest absolute Gasteiger partial charge is 0.410 e. The van der Waals surface area contributed by atoms with E-state index >= 15 is 0 Å². The van der Waals surface area contributed by atoms with Gasteiger partial charge in [-0.15, -0.1) is 0 Å². The topological polar surface area (TPSA) is 49.8 Å². The van der Waals surface area contributed by atoms with Gasteiger partial charge in [-0.3, -0.25) is 0 Å². The molecule has 122 valence electrons. The Balaban J connectivity index is 2.02. The number of hydrogen-bond donors (Lipinski definition) is 1. The summed E-state index contributed by atoms with van der Waals surface area (Å²) >= 11 is 0. The third-order valence-electron chi connectivity index (χ3n) is 3.75. The summed E-state index contributed by atoms with van der Waals surface area (Å²) in [4.78, 5) is 13.8. The van der Waals surface area contributed by atoms with E-state index in [2.05, 4.69) is 0 Å². The van der Waals surface area contributed by atoms with Gasteiger partial charge in [-0.1, -0.05) is 12.1 Å². The predicted octanol–water partition coefficient (Wildman–Crippen LogP) is 3.51. The number of amides is 1. The molecular weight excluding hydrogens is 285 g/mol. The molecule has 0 spiro atoms. The van der Waals surface area contributed by atoms with Crippen molar-refractivity contribution >= 4 is 6.09 Å². The molecule has 1 aliphatic rings. The second-order valence-corrected chi connectivity index (χ2v) is 6.83. The van der Waals surface area contributed by atoms with Crippen LogP contribution in [0.25, 0.3) is 0 Å². The Morgan fingerprint density at radius 3 is 2.82 bits per heavy atom. The third kappa shape index (κ3) is 4.44. The summed E-state index contributed by atoms with van der Waals surface area (Å²) in [6.45, 7) is 6.53. The second kappa shape index (κ2) is 6.65. The summed E-state index contributed by atoms with van der Waals surface area (Å²) < 4.78 is 18.7. The fourth-order valence-corrected chi connectivity index (χ4v) is 2.72. The molecule has 1 aliphatic heterocycles. The molecule has 0 aromatic heterocycles. The maximum absolute atomic E-state index is 13.3. The number of likely N-dealkylation sites (tertiary alicyclic amines) is 1. The van der Waals surface area contributed by atoms with Crippen LogP contribution in [0.4, 0.5) is 9.18 Å². The quantitative estimate of drug-likeness (QED) is 0.909. The summed E-state index contributed by atoms with van der Waals surface area (Å²) in [5, 5.41) is 10.5. The molecule has 0 unspecified atom stereocenters. The Hall–Kier alpha value is -1.62. The van der Waals surface area contributed by atoms with Crippen molar-refractivity contribution < 1.29 is 19.0 Å². The van der Waals surface area contributed by atoms with E-state index in [0.717, 1.165) is 12.8 Å². The highest BCUT2D eigenvalue weighted by atomic mass is 19.1. The first kappa shape index (κ1) is 16.7. The van der Waals surface area contributed by atoms with Crippen molar-refractivity contribution in [1.29, 1.82) is 0 Å². The molecule has 1 aromatic carbocycles. The third-order valence-corrected chi connectivity index (χ3v) is 3.75. The molecule has 1 heterocycles. The summed E-state index contributed by atoms with van der Waals surface area (Å²) in [5.74, 6) is -0.473. The van der Waals surface area contributed by atoms with Gasteiger partial charge in [-0.2, -0.15) is 0 Å². The Labute approximate surface area is 130 Å². The zero-order valence-corrected chi connectivity index (χ0v) is 13.4. The van der Waals surface area contributed by atoms with Crippen molar-refractivity contribution in [3.63, 3.8) is 0 Å². The summed E-state index contributed by atoms with van der Waals surface area (Å²) in [6, 6.07) is 5.99. The monoisotopic (exact) mass is 309 g/mol. The van der Waals surface area contributed by atoms with Crippen LogP contribution in [-0.2, 0) is 4.74 Å². The van der Waals surface area contributed by atoms with Gasteiger partial charge in [0.05, 0.1) is 6.10 Å². The van der Waals surface area contributed by atoms with Crippen LogP contribution in [0.15, 0.2) is 24.3 Å². The van der Waals surface area contributed by atoms with Gasteiger partial charge in [0.2, 0.25) is 0 Å². The number of rotatable bonds is 2. The number of benzene rings is 1. The maximum atomic E-state index is 13.3. The number of carbonyl (C=O) groups excluding carboxylic acids is 1. The molecule has 0 saturated carbocycles. The molecule has 5 heteroatoms. The van der Waals surface area contributed by atoms with Crippen LogP contribution in [0.1, 0.15) is 45.3 Å². The first-order chi connectivity index (χ1) is 10.3. The summed E-state index contributed by atoms with van der Waals surface area (Å²) in [7, 11) is 0. The van der Waals surface area contributed by atoms with Gasteiger partial charge < -0.3 is 14.7 Å². The average molecular weight is 309 g/mol. The van der Waals surface area contributed by atoms with Crippen molar-refractivity contribution in [2.75, 3.05) is 13.1 Å². The normalized spacial score (nSPS) is 20.6. The van der Waals surface area contributed by atoms with Gasteiger partial charge >= 0.3 is 6.09 Å². The fourth-order valence-electron chi connectivity index (χ4n) is 2.72. The Morgan fingerprint density at radius 1 is 1.45 bits per heavy atom. The molecule has 2 atom stereocenters. The minimum Gasteiger partial charge on any atom is -0.444 e. The van der Waals surface area contributed by atoms with Crippen LogP contribution in [0.3, 0.4) is 0 Å². The largest absolute Gasteiger partial charge is 0.444 e. The minimum absolute atomic E-state index is 0.108. The van der Waals surface area contributed by atoms with Crippen LogP contribution in [0, 0.1) is 11.7 Å². The van der Waals surface area contributed by atoms with Gasteiger partial charge in [-0.25, -0.2) is 9.18 Å². The zero-order chi connectivity index (χ0) is 16.3. The van der Waals surface area contributed by atoms with Crippen molar-refractivity contribution in [1.82, 2.24) is 4.90 Å². The van der Waals surface area contributed by atoms with E-state index in [9.17, 15) is 14.3 Å². The van der Waals surface area contributed by atoms with E-state index in [1.807, 2.05) is 20.8 Å². The van der Waals surface area contributed by atoms with Crippen LogP contribution >= 0.6 is 0 Å². The SMILES string of the molecule is CC(C)(C)OC(=O)N1CCC[C@@H]([C@@H](O)c2cccc(F)c2)C1. The Kier molecular flexibility index (Phi) is 5.06. The molecule has 22 heavy (non-hydrogen) atoms. The molecule has 0 aliphatic carbocycles. The highest BCUT2D eigenvalue weighted by Crippen LogP contribution is 2.30. The molecule has 1 amide bonds. The highest BCUT2D eigenvalue weighted by Gasteiger charge is 2.31. The van der Waals surface area contributed by atoms with Crippen LogP contribution < -0.4 is 0 Å². The Bertz CT molecular complexity index is 527. The van der Waals surface area contributed by atoms with Crippen molar-refractivity contribution in [2.45, 2.75) is 45.3 Å². The number of piperidine rings is 1. The lowest BCUT2D eigenvalue weighted by Crippen LogP contribution is -2.44. The van der Waals surface area contributed by atoms with Crippen LogP contribution in [0.2, 0.25) is 0 Å². The van der Waals surface area contributed by atoms with E-state index in [1.165, 1.54) is 12.1 Å². The van der Waals surface area contributed by atoms with E-state index in [-0.39, 0.29) is 17.8 Å². The van der Waals surface area contributed by atoms with Crippen molar-refractivity contribution in [3.05, 3.63) is 35.6 Å². The van der Waals surface area contributed by atoms with E-state index in [4.69, 9.17) is 4.74 Å². The second-order valence-electron chi connectivity index (χ2n) is 6.83. The number of nitrogens with zero attached hydrogens (tertiary/aromatic N) is 1. The summed E-state index contributed by atoms with van der Waals surface area (Å²) in [5.41, 5.74) is 0.0154. The lowest BCUT2D eigenvalue weighted by atomic mass is 9.88. The lowest BCUT2D eigenvalue weighted by Gasteiger charge is -2.36. The molecule has 1 N–H and O–H groups in total. The standard InChI is InChI=1S/C17H24FNO3/c1-17(2,3)22-16(21)19-9-5-7-13(11-19)15(20)12-6-4-8-14(18)10-12/h4,6,8,10,13,15,20H,5,7,9,11H2,1-3H3/t13-,15+/m1/s1. The average Bonchev–Trinajstić information content (AvgIpc) is 2.45. The lowest BCUT2D eigenvalue weighted by molar-refractivity contribution is 0.00234. The molecule has 1 fully saturated rings.